The molecule has 7 nitrogen and oxygen atoms in total. The van der Waals surface area contributed by atoms with Gasteiger partial charge in [0.15, 0.2) is 5.01 Å². The van der Waals surface area contributed by atoms with Crippen molar-refractivity contribution in [3.63, 3.8) is 0 Å². The minimum absolute atomic E-state index is 0.0923. The Morgan fingerprint density at radius 1 is 1.00 bits per heavy atom. The Morgan fingerprint density at radius 2 is 1.72 bits per heavy atom. The second kappa shape index (κ2) is 9.57. The van der Waals surface area contributed by atoms with E-state index < -0.39 is 5.97 Å². The van der Waals surface area contributed by atoms with Gasteiger partial charge in [-0.05, 0) is 47.0 Å². The predicted molar refractivity (Wildman–Crippen MR) is 123 cm³/mol. The molecule has 8 heteroatoms. The summed E-state index contributed by atoms with van der Waals surface area (Å²) in [4.78, 5) is 25.1. The number of carbonyl (C=O) groups is 2. The van der Waals surface area contributed by atoms with Gasteiger partial charge in [0.05, 0.1) is 7.11 Å². The molecule has 1 aromatic heterocycles. The van der Waals surface area contributed by atoms with Crippen molar-refractivity contribution < 1.29 is 19.1 Å². The SMILES string of the molecule is CCc1ccc(NC(=O)c2nnc(COC(=O)c3cc4ccccc4cc3OC)s2)cc1. The zero-order chi connectivity index (χ0) is 22.5. The van der Waals surface area contributed by atoms with E-state index in [9.17, 15) is 9.59 Å². The van der Waals surface area contributed by atoms with Gasteiger partial charge >= 0.3 is 5.97 Å². The monoisotopic (exact) mass is 447 g/mol. The molecule has 0 radical (unpaired) electrons. The van der Waals surface area contributed by atoms with Crippen LogP contribution in [0.5, 0.6) is 5.75 Å². The van der Waals surface area contributed by atoms with Crippen molar-refractivity contribution in [3.8, 4) is 5.75 Å². The number of nitrogens with zero attached hydrogens (tertiary/aromatic N) is 2. The van der Waals surface area contributed by atoms with Crippen LogP contribution in [0.25, 0.3) is 10.8 Å². The molecule has 0 aliphatic carbocycles. The van der Waals surface area contributed by atoms with Crippen molar-refractivity contribution >= 4 is 39.7 Å². The Morgan fingerprint density at radius 3 is 2.41 bits per heavy atom. The van der Waals surface area contributed by atoms with E-state index in [1.807, 2.05) is 48.5 Å². The summed E-state index contributed by atoms with van der Waals surface area (Å²) in [5, 5.41) is 13.1. The molecule has 0 bridgehead atoms. The molecule has 0 atom stereocenters. The van der Waals surface area contributed by atoms with Crippen LogP contribution < -0.4 is 10.1 Å². The number of anilines is 1. The maximum absolute atomic E-state index is 12.7. The van der Waals surface area contributed by atoms with Crippen LogP contribution in [0, 0.1) is 0 Å². The van der Waals surface area contributed by atoms with Gasteiger partial charge in [0.25, 0.3) is 5.91 Å². The number of rotatable bonds is 7. The molecule has 162 valence electrons. The van der Waals surface area contributed by atoms with Crippen LogP contribution in [-0.2, 0) is 17.8 Å². The molecule has 0 fully saturated rings. The highest BCUT2D eigenvalue weighted by Gasteiger charge is 2.18. The highest BCUT2D eigenvalue weighted by Crippen LogP contribution is 2.27. The average molecular weight is 448 g/mol. The first-order valence-corrected chi connectivity index (χ1v) is 10.9. The van der Waals surface area contributed by atoms with Crippen molar-refractivity contribution in [2.24, 2.45) is 0 Å². The number of esters is 1. The average Bonchev–Trinajstić information content (AvgIpc) is 3.31. The number of hydrogen-bond acceptors (Lipinski definition) is 7. The molecule has 1 heterocycles. The quantitative estimate of drug-likeness (QED) is 0.407. The van der Waals surface area contributed by atoms with Crippen molar-refractivity contribution in [1.82, 2.24) is 10.2 Å². The van der Waals surface area contributed by atoms with Gasteiger partial charge in [0.2, 0.25) is 5.01 Å². The number of benzene rings is 3. The second-order valence-electron chi connectivity index (χ2n) is 6.98. The van der Waals surface area contributed by atoms with Gasteiger partial charge in [-0.2, -0.15) is 0 Å². The molecule has 1 amide bonds. The van der Waals surface area contributed by atoms with E-state index in [1.54, 1.807) is 12.1 Å². The number of fused-ring (bicyclic) bond motifs is 1. The lowest BCUT2D eigenvalue weighted by atomic mass is 10.1. The summed E-state index contributed by atoms with van der Waals surface area (Å²) in [6.07, 6.45) is 0.928. The van der Waals surface area contributed by atoms with Gasteiger partial charge in [0, 0.05) is 5.69 Å². The smallest absolute Gasteiger partial charge is 0.342 e. The molecular weight excluding hydrogens is 426 g/mol. The van der Waals surface area contributed by atoms with Gasteiger partial charge in [-0.25, -0.2) is 4.79 Å². The summed E-state index contributed by atoms with van der Waals surface area (Å²) in [6, 6.07) is 18.8. The number of carbonyl (C=O) groups excluding carboxylic acids is 2. The van der Waals surface area contributed by atoms with Crippen LogP contribution in [0.3, 0.4) is 0 Å². The Labute approximate surface area is 189 Å². The molecule has 0 unspecified atom stereocenters. The number of nitrogens with one attached hydrogen (secondary N) is 1. The third kappa shape index (κ3) is 4.76. The molecular formula is C24H21N3O4S. The number of amides is 1. The molecule has 0 spiro atoms. The molecule has 32 heavy (non-hydrogen) atoms. The largest absolute Gasteiger partial charge is 0.496 e. The topological polar surface area (TPSA) is 90.4 Å². The highest BCUT2D eigenvalue weighted by molar-refractivity contribution is 7.13. The van der Waals surface area contributed by atoms with Gasteiger partial charge in [-0.1, -0.05) is 54.7 Å². The zero-order valence-electron chi connectivity index (χ0n) is 17.6. The van der Waals surface area contributed by atoms with Crippen LogP contribution in [0.4, 0.5) is 5.69 Å². The molecule has 0 aliphatic rings. The second-order valence-corrected chi connectivity index (χ2v) is 8.04. The van der Waals surface area contributed by atoms with Crippen LogP contribution in [0.15, 0.2) is 60.7 Å². The molecule has 0 saturated carbocycles. The number of methoxy groups -OCH3 is 1. The zero-order valence-corrected chi connectivity index (χ0v) is 18.4. The first kappa shape index (κ1) is 21.5. The fourth-order valence-corrected chi connectivity index (χ4v) is 3.81. The van der Waals surface area contributed by atoms with Crippen LogP contribution >= 0.6 is 11.3 Å². The van der Waals surface area contributed by atoms with Gasteiger partial charge in [-0.15, -0.1) is 10.2 Å². The van der Waals surface area contributed by atoms with Crippen molar-refractivity contribution in [2.45, 2.75) is 20.0 Å². The Bertz CT molecular complexity index is 1270. The third-order valence-corrected chi connectivity index (χ3v) is 5.79. The molecule has 4 rings (SSSR count). The van der Waals surface area contributed by atoms with Crippen LogP contribution in [-0.4, -0.2) is 29.2 Å². The Kier molecular flexibility index (Phi) is 6.42. The van der Waals surface area contributed by atoms with Crippen LogP contribution in [0.1, 0.15) is 37.7 Å². The minimum Gasteiger partial charge on any atom is -0.496 e. The fourth-order valence-electron chi connectivity index (χ4n) is 3.16. The van der Waals surface area contributed by atoms with Gasteiger partial charge in [-0.3, -0.25) is 4.79 Å². The van der Waals surface area contributed by atoms with E-state index in [2.05, 4.69) is 22.4 Å². The first-order valence-electron chi connectivity index (χ1n) is 10.0. The normalized spacial score (nSPS) is 10.7. The third-order valence-electron chi connectivity index (χ3n) is 4.90. The Hall–Kier alpha value is -3.78. The molecule has 1 N–H and O–H groups in total. The maximum Gasteiger partial charge on any atom is 0.342 e. The van der Waals surface area contributed by atoms with E-state index in [0.29, 0.717) is 22.0 Å². The maximum atomic E-state index is 12.7. The van der Waals surface area contributed by atoms with Crippen molar-refractivity contribution in [2.75, 3.05) is 12.4 Å². The first-order chi connectivity index (χ1) is 15.6. The molecule has 0 aliphatic heterocycles. The summed E-state index contributed by atoms with van der Waals surface area (Å²) in [7, 11) is 1.51. The minimum atomic E-state index is -0.537. The molecule has 3 aromatic carbocycles. The van der Waals surface area contributed by atoms with E-state index in [-0.39, 0.29) is 17.5 Å². The van der Waals surface area contributed by atoms with Crippen LogP contribution in [0.2, 0.25) is 0 Å². The molecule has 4 aromatic rings. The van der Waals surface area contributed by atoms with Crippen molar-refractivity contribution in [3.05, 3.63) is 81.8 Å². The summed E-state index contributed by atoms with van der Waals surface area (Å²) >= 11 is 1.07. The van der Waals surface area contributed by atoms with Crippen molar-refractivity contribution in [1.29, 1.82) is 0 Å². The van der Waals surface area contributed by atoms with E-state index >= 15 is 0 Å². The Balaban J connectivity index is 1.41. The lowest BCUT2D eigenvalue weighted by Crippen LogP contribution is -2.11. The number of aromatic nitrogens is 2. The number of hydrogen-bond donors (Lipinski definition) is 1. The standard InChI is InChI=1S/C24H21N3O4S/c1-3-15-8-10-18(11-9-15)25-22(28)23-27-26-21(32-23)14-31-24(29)19-12-16-6-4-5-7-17(16)13-20(19)30-2/h4-13H,3,14H2,1-2H3,(H,25,28). The number of ether oxygens (including phenoxy) is 2. The predicted octanol–water partition coefficient (Wildman–Crippen LogP) is 4.87. The summed E-state index contributed by atoms with van der Waals surface area (Å²) in [6.45, 7) is 1.98. The van der Waals surface area contributed by atoms with Gasteiger partial charge in [0.1, 0.15) is 17.9 Å². The summed E-state index contributed by atoms with van der Waals surface area (Å²) in [5.74, 6) is -0.467. The van der Waals surface area contributed by atoms with Gasteiger partial charge < -0.3 is 14.8 Å². The molecule has 0 saturated heterocycles. The summed E-state index contributed by atoms with van der Waals surface area (Å²) in [5.41, 5.74) is 2.19. The lowest BCUT2D eigenvalue weighted by molar-refractivity contribution is 0.0468. The summed E-state index contributed by atoms with van der Waals surface area (Å²) < 4.78 is 10.8. The van der Waals surface area contributed by atoms with E-state index in [0.717, 1.165) is 28.5 Å². The van der Waals surface area contributed by atoms with E-state index in [4.69, 9.17) is 9.47 Å². The highest BCUT2D eigenvalue weighted by atomic mass is 32.1. The van der Waals surface area contributed by atoms with E-state index in [1.165, 1.54) is 12.7 Å². The fraction of sp³-hybridized carbons (Fsp3) is 0.167. The lowest BCUT2D eigenvalue weighted by Gasteiger charge is -2.09. The number of aryl methyl sites for hydroxylation is 1.